The number of nitrogens with zero attached hydrogens (tertiary/aromatic N) is 1. The fourth-order valence-electron chi connectivity index (χ4n) is 2.00. The van der Waals surface area contributed by atoms with E-state index in [4.69, 9.17) is 0 Å². The molecule has 0 aromatic rings. The van der Waals surface area contributed by atoms with Crippen LogP contribution in [-0.2, 0) is 10.0 Å². The number of piperazine rings is 1. The molecule has 0 atom stereocenters. The van der Waals surface area contributed by atoms with Gasteiger partial charge in [0, 0.05) is 38.3 Å². The summed E-state index contributed by atoms with van der Waals surface area (Å²) in [5.74, 6) is 0.197. The lowest BCUT2D eigenvalue weighted by Crippen LogP contribution is -2.49. The van der Waals surface area contributed by atoms with Crippen LogP contribution in [0.15, 0.2) is 0 Å². The van der Waals surface area contributed by atoms with Crippen molar-refractivity contribution in [3.05, 3.63) is 0 Å². The fraction of sp³-hybridized carbons (Fsp3) is 1.00. The van der Waals surface area contributed by atoms with E-state index in [9.17, 15) is 8.42 Å². The highest BCUT2D eigenvalue weighted by atomic mass is 32.2. The smallest absolute Gasteiger partial charge is 0.213 e. The van der Waals surface area contributed by atoms with Crippen molar-refractivity contribution < 1.29 is 8.42 Å². The summed E-state index contributed by atoms with van der Waals surface area (Å²) >= 11 is 0. The Labute approximate surface area is 111 Å². The number of nitrogens with one attached hydrogen (secondary N) is 2. The molecule has 1 saturated heterocycles. The number of rotatable bonds is 7. The van der Waals surface area contributed by atoms with Gasteiger partial charge < -0.3 is 5.32 Å². The van der Waals surface area contributed by atoms with Gasteiger partial charge in [-0.25, -0.2) is 13.1 Å². The van der Waals surface area contributed by atoms with Gasteiger partial charge in [0.15, 0.2) is 0 Å². The van der Waals surface area contributed by atoms with Gasteiger partial charge in [0.1, 0.15) is 0 Å². The average molecular weight is 277 g/mol. The molecular formula is C12H27N3O2S. The molecule has 18 heavy (non-hydrogen) atoms. The van der Waals surface area contributed by atoms with Gasteiger partial charge in [-0.05, 0) is 19.8 Å². The highest BCUT2D eigenvalue weighted by molar-refractivity contribution is 7.89. The Morgan fingerprint density at radius 1 is 1.22 bits per heavy atom. The van der Waals surface area contributed by atoms with E-state index in [1.807, 2.05) is 20.8 Å². The molecule has 2 N–H and O–H groups in total. The lowest BCUT2D eigenvalue weighted by atomic mass is 9.98. The van der Waals surface area contributed by atoms with E-state index in [2.05, 4.69) is 14.9 Å². The molecule has 1 aliphatic heterocycles. The van der Waals surface area contributed by atoms with Crippen LogP contribution in [0.3, 0.4) is 0 Å². The Kier molecular flexibility index (Phi) is 6.04. The maximum atomic E-state index is 12.1. The molecule has 1 heterocycles. The van der Waals surface area contributed by atoms with E-state index in [1.54, 1.807) is 0 Å². The standard InChI is InChI=1S/C12H27N3O2S/c1-4-12(3,5-2)14-18(16,17)11-10-15-8-6-13-7-9-15/h13-14H,4-11H2,1-3H3. The first-order valence-corrected chi connectivity index (χ1v) is 8.51. The van der Waals surface area contributed by atoms with Crippen LogP contribution in [0.5, 0.6) is 0 Å². The fourth-order valence-corrected chi connectivity index (χ4v) is 3.64. The molecule has 1 aliphatic rings. The predicted molar refractivity (Wildman–Crippen MR) is 75.2 cm³/mol. The van der Waals surface area contributed by atoms with Crippen molar-refractivity contribution in [2.45, 2.75) is 39.2 Å². The van der Waals surface area contributed by atoms with Crippen molar-refractivity contribution in [2.24, 2.45) is 0 Å². The third-order valence-electron chi connectivity index (χ3n) is 3.85. The number of hydrogen-bond acceptors (Lipinski definition) is 4. The molecule has 0 radical (unpaired) electrons. The average Bonchev–Trinajstić information content (AvgIpc) is 2.37. The molecule has 0 spiro atoms. The molecule has 6 heteroatoms. The van der Waals surface area contributed by atoms with E-state index >= 15 is 0 Å². The van der Waals surface area contributed by atoms with E-state index in [0.29, 0.717) is 6.54 Å². The molecule has 0 unspecified atom stereocenters. The van der Waals surface area contributed by atoms with Crippen molar-refractivity contribution in [2.75, 3.05) is 38.5 Å². The monoisotopic (exact) mass is 277 g/mol. The van der Waals surface area contributed by atoms with Crippen molar-refractivity contribution >= 4 is 10.0 Å². The largest absolute Gasteiger partial charge is 0.314 e. The van der Waals surface area contributed by atoms with Crippen LogP contribution in [-0.4, -0.2) is 57.3 Å². The van der Waals surface area contributed by atoms with Crippen molar-refractivity contribution in [3.8, 4) is 0 Å². The molecule has 1 rings (SSSR count). The molecule has 0 aromatic carbocycles. The summed E-state index contributed by atoms with van der Waals surface area (Å²) in [6, 6.07) is 0. The quantitative estimate of drug-likeness (QED) is 0.707. The summed E-state index contributed by atoms with van der Waals surface area (Å²) in [6.45, 7) is 10.4. The van der Waals surface area contributed by atoms with Crippen LogP contribution in [0.25, 0.3) is 0 Å². The Hall–Kier alpha value is -0.170. The maximum absolute atomic E-state index is 12.1. The molecule has 0 amide bonds. The molecule has 5 nitrogen and oxygen atoms in total. The second-order valence-corrected chi connectivity index (χ2v) is 7.12. The lowest BCUT2D eigenvalue weighted by molar-refractivity contribution is 0.253. The zero-order valence-electron chi connectivity index (χ0n) is 11.8. The Morgan fingerprint density at radius 2 is 1.78 bits per heavy atom. The lowest BCUT2D eigenvalue weighted by Gasteiger charge is -2.30. The van der Waals surface area contributed by atoms with Gasteiger partial charge in [-0.1, -0.05) is 13.8 Å². The van der Waals surface area contributed by atoms with Crippen LogP contribution in [0.2, 0.25) is 0 Å². The van der Waals surface area contributed by atoms with Gasteiger partial charge in [-0.3, -0.25) is 4.90 Å². The first-order valence-electron chi connectivity index (χ1n) is 6.85. The van der Waals surface area contributed by atoms with Gasteiger partial charge in [-0.2, -0.15) is 0 Å². The first-order chi connectivity index (χ1) is 8.41. The topological polar surface area (TPSA) is 61.4 Å². The third-order valence-corrected chi connectivity index (χ3v) is 5.37. The molecule has 0 bridgehead atoms. The van der Waals surface area contributed by atoms with Crippen LogP contribution in [0.1, 0.15) is 33.6 Å². The Bertz CT molecular complexity index is 333. The molecular weight excluding hydrogens is 250 g/mol. The summed E-state index contributed by atoms with van der Waals surface area (Å²) in [4.78, 5) is 2.20. The molecule has 0 saturated carbocycles. The molecule has 108 valence electrons. The minimum Gasteiger partial charge on any atom is -0.314 e. The van der Waals surface area contributed by atoms with E-state index in [-0.39, 0.29) is 11.3 Å². The van der Waals surface area contributed by atoms with Crippen molar-refractivity contribution in [3.63, 3.8) is 0 Å². The molecule has 0 aliphatic carbocycles. The van der Waals surface area contributed by atoms with Gasteiger partial charge in [0.05, 0.1) is 5.75 Å². The van der Waals surface area contributed by atoms with E-state index in [1.165, 1.54) is 0 Å². The second-order valence-electron chi connectivity index (χ2n) is 5.28. The van der Waals surface area contributed by atoms with Gasteiger partial charge in [0.2, 0.25) is 10.0 Å². The number of sulfonamides is 1. The summed E-state index contributed by atoms with van der Waals surface area (Å²) in [6.07, 6.45) is 1.63. The third kappa shape index (κ3) is 5.22. The molecule has 0 aromatic heterocycles. The van der Waals surface area contributed by atoms with Gasteiger partial charge in [0.25, 0.3) is 0 Å². The minimum atomic E-state index is -3.17. The SMILES string of the molecule is CCC(C)(CC)NS(=O)(=O)CCN1CCNCC1. The highest BCUT2D eigenvalue weighted by Crippen LogP contribution is 2.15. The predicted octanol–water partition coefficient (Wildman–Crippen LogP) is 0.390. The van der Waals surface area contributed by atoms with E-state index in [0.717, 1.165) is 39.0 Å². The van der Waals surface area contributed by atoms with Gasteiger partial charge >= 0.3 is 0 Å². The highest BCUT2D eigenvalue weighted by Gasteiger charge is 2.26. The van der Waals surface area contributed by atoms with E-state index < -0.39 is 10.0 Å². The van der Waals surface area contributed by atoms with Crippen LogP contribution in [0, 0.1) is 0 Å². The van der Waals surface area contributed by atoms with Gasteiger partial charge in [-0.15, -0.1) is 0 Å². The van der Waals surface area contributed by atoms with Crippen LogP contribution in [0.4, 0.5) is 0 Å². The Balaban J connectivity index is 2.43. The zero-order chi connectivity index (χ0) is 13.6. The Morgan fingerprint density at radius 3 is 2.28 bits per heavy atom. The maximum Gasteiger partial charge on any atom is 0.213 e. The minimum absolute atomic E-state index is 0.197. The van der Waals surface area contributed by atoms with Crippen LogP contribution >= 0.6 is 0 Å². The second kappa shape index (κ2) is 6.84. The summed E-state index contributed by atoms with van der Waals surface area (Å²) in [5, 5.41) is 3.26. The first kappa shape index (κ1) is 15.9. The van der Waals surface area contributed by atoms with Crippen molar-refractivity contribution in [1.29, 1.82) is 0 Å². The summed E-state index contributed by atoms with van der Waals surface area (Å²) < 4.78 is 26.9. The summed E-state index contributed by atoms with van der Waals surface area (Å²) in [5.41, 5.74) is -0.303. The van der Waals surface area contributed by atoms with Crippen molar-refractivity contribution in [1.82, 2.24) is 14.9 Å². The molecule has 1 fully saturated rings. The normalized spacial score (nSPS) is 19.1. The number of hydrogen-bond donors (Lipinski definition) is 2. The van der Waals surface area contributed by atoms with Crippen LogP contribution < -0.4 is 10.0 Å². The summed E-state index contributed by atoms with van der Waals surface area (Å²) in [7, 11) is -3.17. The zero-order valence-corrected chi connectivity index (χ0v) is 12.6.